The Morgan fingerprint density at radius 1 is 1.04 bits per heavy atom. The Morgan fingerprint density at radius 3 is 2.42 bits per heavy atom. The van der Waals surface area contributed by atoms with Gasteiger partial charge in [0.2, 0.25) is 16.9 Å². The van der Waals surface area contributed by atoms with Crippen molar-refractivity contribution in [2.45, 2.75) is 83.6 Å². The summed E-state index contributed by atoms with van der Waals surface area (Å²) in [6.45, 7) is 2.08. The van der Waals surface area contributed by atoms with E-state index in [4.69, 9.17) is 0 Å². The molecule has 24 heavy (non-hydrogen) atoms. The second-order valence-corrected chi connectivity index (χ2v) is 7.47. The van der Waals surface area contributed by atoms with E-state index in [1.54, 1.807) is 0 Å². The molecule has 0 radical (unpaired) electrons. The Labute approximate surface area is 147 Å². The zero-order valence-corrected chi connectivity index (χ0v) is 15.3. The lowest BCUT2D eigenvalue weighted by atomic mass is 9.96. The molecule has 7 heteroatoms. The number of carbonyl (C=O) groups is 2. The van der Waals surface area contributed by atoms with Crippen molar-refractivity contribution in [1.29, 1.82) is 0 Å². The first-order valence-electron chi connectivity index (χ1n) is 9.09. The van der Waals surface area contributed by atoms with E-state index in [9.17, 15) is 9.59 Å². The van der Waals surface area contributed by atoms with Crippen LogP contribution in [0, 0.1) is 0 Å². The Hall–Kier alpha value is -1.50. The molecular weight excluding hydrogens is 324 g/mol. The number of rotatable bonds is 7. The van der Waals surface area contributed by atoms with Crippen LogP contribution in [0.3, 0.4) is 0 Å². The lowest BCUT2D eigenvalue weighted by Gasteiger charge is -2.20. The summed E-state index contributed by atoms with van der Waals surface area (Å²) in [5, 5.41) is 15.2. The molecule has 0 spiro atoms. The molecule has 1 fully saturated rings. The van der Waals surface area contributed by atoms with Crippen LogP contribution in [0.4, 0.5) is 5.13 Å². The highest BCUT2D eigenvalue weighted by Crippen LogP contribution is 2.18. The molecule has 1 aromatic heterocycles. The summed E-state index contributed by atoms with van der Waals surface area (Å²) in [7, 11) is 0. The molecule has 1 saturated carbocycles. The quantitative estimate of drug-likeness (QED) is 0.787. The molecule has 2 amide bonds. The third-order valence-corrected chi connectivity index (χ3v) is 5.12. The van der Waals surface area contributed by atoms with Crippen LogP contribution < -0.4 is 10.6 Å². The fraction of sp³-hybridized carbons (Fsp3) is 0.765. The van der Waals surface area contributed by atoms with Gasteiger partial charge in [-0.05, 0) is 19.3 Å². The maximum Gasteiger partial charge on any atom is 0.226 e. The van der Waals surface area contributed by atoms with Crippen molar-refractivity contribution >= 4 is 28.3 Å². The summed E-state index contributed by atoms with van der Waals surface area (Å²) in [5.41, 5.74) is 0. The van der Waals surface area contributed by atoms with Gasteiger partial charge in [-0.2, -0.15) is 0 Å². The highest BCUT2D eigenvalue weighted by Gasteiger charge is 2.15. The third-order valence-electron chi connectivity index (χ3n) is 4.23. The minimum absolute atomic E-state index is 0.0281. The molecule has 0 unspecified atom stereocenters. The molecule has 0 atom stereocenters. The van der Waals surface area contributed by atoms with E-state index < -0.39 is 0 Å². The van der Waals surface area contributed by atoms with Gasteiger partial charge in [-0.15, -0.1) is 10.2 Å². The molecule has 1 aliphatic carbocycles. The molecule has 0 aromatic carbocycles. The lowest BCUT2D eigenvalue weighted by Crippen LogP contribution is -2.35. The normalized spacial score (nSPS) is 16.2. The van der Waals surface area contributed by atoms with E-state index in [0.29, 0.717) is 5.13 Å². The van der Waals surface area contributed by atoms with Crippen LogP contribution in [0.1, 0.15) is 76.1 Å². The summed E-state index contributed by atoms with van der Waals surface area (Å²) in [5.74, 6) is -0.207. The SMILES string of the molecule is CCCc1nnc(NC(=O)CCC(=O)NC2CCCCCCC2)s1. The fourth-order valence-electron chi connectivity index (χ4n) is 2.93. The molecule has 134 valence electrons. The summed E-state index contributed by atoms with van der Waals surface area (Å²) in [6, 6.07) is 0.278. The molecule has 2 rings (SSSR count). The number of amides is 2. The predicted octanol–water partition coefficient (Wildman–Crippen LogP) is 3.44. The van der Waals surface area contributed by atoms with Crippen molar-refractivity contribution in [3.05, 3.63) is 5.01 Å². The first-order valence-corrected chi connectivity index (χ1v) is 9.90. The minimum Gasteiger partial charge on any atom is -0.353 e. The van der Waals surface area contributed by atoms with E-state index in [-0.39, 0.29) is 30.7 Å². The first kappa shape index (κ1) is 18.8. The summed E-state index contributed by atoms with van der Waals surface area (Å²) in [4.78, 5) is 24.0. The van der Waals surface area contributed by atoms with Crippen molar-refractivity contribution in [2.75, 3.05) is 5.32 Å². The van der Waals surface area contributed by atoms with Crippen molar-refractivity contribution in [3.8, 4) is 0 Å². The average Bonchev–Trinajstić information content (AvgIpc) is 2.95. The van der Waals surface area contributed by atoms with Crippen molar-refractivity contribution < 1.29 is 9.59 Å². The van der Waals surface area contributed by atoms with Crippen molar-refractivity contribution in [3.63, 3.8) is 0 Å². The smallest absolute Gasteiger partial charge is 0.226 e. The Morgan fingerprint density at radius 2 is 1.71 bits per heavy atom. The van der Waals surface area contributed by atoms with Crippen LogP contribution in [-0.2, 0) is 16.0 Å². The van der Waals surface area contributed by atoms with Crippen molar-refractivity contribution in [2.24, 2.45) is 0 Å². The second-order valence-electron chi connectivity index (χ2n) is 6.41. The van der Waals surface area contributed by atoms with Gasteiger partial charge in [0.1, 0.15) is 5.01 Å². The third kappa shape index (κ3) is 6.95. The van der Waals surface area contributed by atoms with E-state index in [1.165, 1.54) is 43.4 Å². The molecule has 0 saturated heterocycles. The lowest BCUT2D eigenvalue weighted by molar-refractivity contribution is -0.125. The van der Waals surface area contributed by atoms with Gasteiger partial charge in [-0.3, -0.25) is 9.59 Å². The van der Waals surface area contributed by atoms with Crippen LogP contribution >= 0.6 is 11.3 Å². The topological polar surface area (TPSA) is 84.0 Å². The maximum atomic E-state index is 12.0. The molecular formula is C17H28N4O2S. The molecule has 6 nitrogen and oxygen atoms in total. The van der Waals surface area contributed by atoms with E-state index in [2.05, 4.69) is 27.8 Å². The number of aryl methyl sites for hydroxylation is 1. The number of hydrogen-bond acceptors (Lipinski definition) is 5. The molecule has 0 aliphatic heterocycles. The van der Waals surface area contributed by atoms with Gasteiger partial charge in [0.15, 0.2) is 0 Å². The minimum atomic E-state index is -0.179. The first-order chi connectivity index (χ1) is 11.7. The zero-order chi connectivity index (χ0) is 17.2. The Bertz CT molecular complexity index is 524. The van der Waals surface area contributed by atoms with Gasteiger partial charge >= 0.3 is 0 Å². The molecule has 1 heterocycles. The van der Waals surface area contributed by atoms with E-state index in [1.807, 2.05) is 0 Å². The van der Waals surface area contributed by atoms with Crippen LogP contribution in [-0.4, -0.2) is 28.1 Å². The summed E-state index contributed by atoms with van der Waals surface area (Å²) < 4.78 is 0. The number of anilines is 1. The largest absolute Gasteiger partial charge is 0.353 e. The average molecular weight is 353 g/mol. The molecule has 1 aromatic rings. The van der Waals surface area contributed by atoms with E-state index in [0.717, 1.165) is 30.7 Å². The second kappa shape index (κ2) is 10.4. The van der Waals surface area contributed by atoms with Gasteiger partial charge in [0.05, 0.1) is 0 Å². The van der Waals surface area contributed by atoms with Gasteiger partial charge in [-0.25, -0.2) is 0 Å². The predicted molar refractivity (Wildman–Crippen MR) is 96.0 cm³/mol. The number of nitrogens with one attached hydrogen (secondary N) is 2. The van der Waals surface area contributed by atoms with E-state index >= 15 is 0 Å². The summed E-state index contributed by atoms with van der Waals surface area (Å²) in [6.07, 6.45) is 10.6. The standard InChI is InChI=1S/C17H28N4O2S/c1-2-8-16-20-21-17(24-16)19-15(23)12-11-14(22)18-13-9-6-4-3-5-7-10-13/h13H,2-12H2,1H3,(H,18,22)(H,19,21,23). The number of nitrogens with zero attached hydrogens (tertiary/aromatic N) is 2. The Kier molecular flexibility index (Phi) is 8.15. The van der Waals surface area contributed by atoms with Crippen LogP contribution in [0.25, 0.3) is 0 Å². The highest BCUT2D eigenvalue weighted by atomic mass is 32.1. The zero-order valence-electron chi connectivity index (χ0n) is 14.5. The van der Waals surface area contributed by atoms with Gasteiger partial charge in [-0.1, -0.05) is 50.4 Å². The van der Waals surface area contributed by atoms with Crippen LogP contribution in [0.15, 0.2) is 0 Å². The van der Waals surface area contributed by atoms with Gasteiger partial charge in [0, 0.05) is 25.3 Å². The highest BCUT2D eigenvalue weighted by molar-refractivity contribution is 7.15. The van der Waals surface area contributed by atoms with Crippen LogP contribution in [0.5, 0.6) is 0 Å². The molecule has 1 aliphatic rings. The Balaban J connectivity index is 1.67. The summed E-state index contributed by atoms with van der Waals surface area (Å²) >= 11 is 1.40. The number of carbonyl (C=O) groups excluding carboxylic acids is 2. The monoisotopic (exact) mass is 352 g/mol. The van der Waals surface area contributed by atoms with Crippen LogP contribution in [0.2, 0.25) is 0 Å². The van der Waals surface area contributed by atoms with Crippen molar-refractivity contribution in [1.82, 2.24) is 15.5 Å². The van der Waals surface area contributed by atoms with Gasteiger partial charge in [0.25, 0.3) is 0 Å². The number of hydrogen-bond donors (Lipinski definition) is 2. The maximum absolute atomic E-state index is 12.0. The molecule has 0 bridgehead atoms. The number of aromatic nitrogens is 2. The fourth-order valence-corrected chi connectivity index (χ4v) is 3.79. The van der Waals surface area contributed by atoms with Gasteiger partial charge < -0.3 is 10.6 Å². The molecule has 2 N–H and O–H groups in total.